The number of anilines is 1. The summed E-state index contributed by atoms with van der Waals surface area (Å²) in [5, 5.41) is 34.3. The Kier molecular flexibility index (Phi) is 5.25. The number of carbonyl (C=O) groups excluding carboxylic acids is 1. The smallest absolute Gasteiger partial charge is 0.252 e. The van der Waals surface area contributed by atoms with E-state index in [-0.39, 0.29) is 28.8 Å². The maximum atomic E-state index is 12.4. The first-order valence-corrected chi connectivity index (χ1v) is 10.9. The number of fused-ring (bicyclic) bond motifs is 1. The van der Waals surface area contributed by atoms with Crippen LogP contribution in [0.3, 0.4) is 0 Å². The third-order valence-corrected chi connectivity index (χ3v) is 6.23. The van der Waals surface area contributed by atoms with E-state index in [9.17, 15) is 20.1 Å². The number of nitrogen functional groups attached to an aromatic ring is 1. The number of ether oxygens (including phenoxy) is 1. The number of hydrogen-bond acceptors (Lipinski definition) is 9. The number of aliphatic hydroxyl groups is 3. The van der Waals surface area contributed by atoms with E-state index in [1.807, 2.05) is 0 Å². The number of amides is 1. The Morgan fingerprint density at radius 3 is 2.69 bits per heavy atom. The van der Waals surface area contributed by atoms with Crippen molar-refractivity contribution in [3.05, 3.63) is 12.2 Å². The highest BCUT2D eigenvalue weighted by molar-refractivity contribution is 5.83. The highest BCUT2D eigenvalue weighted by Gasteiger charge is 2.48. The summed E-state index contributed by atoms with van der Waals surface area (Å²) >= 11 is 0. The molecule has 0 unspecified atom stereocenters. The van der Waals surface area contributed by atoms with Gasteiger partial charge in [-0.15, -0.1) is 0 Å². The molecule has 1 saturated heterocycles. The predicted octanol–water partition coefficient (Wildman–Crippen LogP) is -0.647. The van der Waals surface area contributed by atoms with Gasteiger partial charge >= 0.3 is 0 Å². The molecular weight excluding hydrogens is 416 g/mol. The number of aliphatic hydroxyl groups excluding tert-OH is 2. The van der Waals surface area contributed by atoms with E-state index in [2.05, 4.69) is 32.1 Å². The maximum absolute atomic E-state index is 12.4. The topological polar surface area (TPSA) is 169 Å². The number of nitrogens with zero attached hydrogens (tertiary/aromatic N) is 4. The number of aromatic nitrogens is 4. The van der Waals surface area contributed by atoms with Gasteiger partial charge in [-0.1, -0.05) is 12.3 Å². The summed E-state index contributed by atoms with van der Waals surface area (Å²) in [5.74, 6) is 5.41. The van der Waals surface area contributed by atoms with Gasteiger partial charge in [0.2, 0.25) is 5.82 Å². The Balaban J connectivity index is 1.44. The van der Waals surface area contributed by atoms with Crippen molar-refractivity contribution < 1.29 is 24.9 Å². The van der Waals surface area contributed by atoms with Crippen LogP contribution in [0.25, 0.3) is 11.2 Å². The van der Waals surface area contributed by atoms with Crippen molar-refractivity contribution >= 4 is 22.9 Å². The lowest BCUT2D eigenvalue weighted by atomic mass is 9.85. The lowest BCUT2D eigenvalue weighted by Gasteiger charge is -2.26. The molecule has 4 atom stereocenters. The van der Waals surface area contributed by atoms with Crippen LogP contribution in [0.4, 0.5) is 5.82 Å². The number of hydrogen-bond donors (Lipinski definition) is 5. The molecule has 11 heteroatoms. The average molecular weight is 442 g/mol. The lowest BCUT2D eigenvalue weighted by Crippen LogP contribution is -2.43. The van der Waals surface area contributed by atoms with Crippen molar-refractivity contribution in [3.63, 3.8) is 0 Å². The normalized spacial score (nSPS) is 29.5. The molecular formula is C21H26N6O5. The van der Waals surface area contributed by atoms with Gasteiger partial charge in [-0.2, -0.15) is 0 Å². The molecule has 2 aliphatic carbocycles. The Morgan fingerprint density at radius 2 is 1.97 bits per heavy atom. The summed E-state index contributed by atoms with van der Waals surface area (Å²) in [5.41, 5.74) is 5.50. The number of nitrogens with two attached hydrogens (primary N) is 1. The van der Waals surface area contributed by atoms with E-state index in [0.29, 0.717) is 12.8 Å². The Morgan fingerprint density at radius 1 is 1.22 bits per heavy atom. The second kappa shape index (κ2) is 7.97. The molecule has 3 fully saturated rings. The molecule has 3 aliphatic rings. The highest BCUT2D eigenvalue weighted by atomic mass is 16.6. The van der Waals surface area contributed by atoms with Crippen molar-refractivity contribution in [2.24, 2.45) is 0 Å². The fourth-order valence-corrected chi connectivity index (χ4v) is 4.23. The van der Waals surface area contributed by atoms with Crippen molar-refractivity contribution in [1.29, 1.82) is 0 Å². The first-order valence-electron chi connectivity index (χ1n) is 10.9. The summed E-state index contributed by atoms with van der Waals surface area (Å²) in [6.45, 7) is 0. The molecule has 1 aliphatic heterocycles. The molecule has 3 heterocycles. The number of nitrogens with one attached hydrogen (secondary N) is 1. The van der Waals surface area contributed by atoms with Crippen LogP contribution >= 0.6 is 0 Å². The van der Waals surface area contributed by atoms with E-state index in [1.165, 1.54) is 10.9 Å². The first-order chi connectivity index (χ1) is 15.3. The summed E-state index contributed by atoms with van der Waals surface area (Å²) in [4.78, 5) is 25.1. The van der Waals surface area contributed by atoms with Gasteiger partial charge in [0.05, 0.1) is 6.33 Å². The standard InChI is InChI=1S/C21H26N6O5/c22-17-13-18(26-12(25-17)6-9-21(31)7-2-1-3-8-21)27(10-23-13)20-15(29)14(28)16(32-20)19(30)24-11-4-5-11/h10-11,14-16,20,28-29,31H,1-5,7-8H2,(H,24,30)(H2,22,25,26)/t14-,15+,16+,20-/m1/s1. The minimum Gasteiger partial charge on any atom is -0.387 e. The quantitative estimate of drug-likeness (QED) is 0.388. The van der Waals surface area contributed by atoms with Crippen molar-refractivity contribution in [2.45, 2.75) is 81.1 Å². The van der Waals surface area contributed by atoms with Gasteiger partial charge in [-0.3, -0.25) is 9.36 Å². The SMILES string of the molecule is Nc1nc(C#CC2(O)CCCCC2)nc2c1ncn2[C@@H]1O[C@H](C(=O)NC2CC2)[C@H](O)[C@@H]1O. The molecule has 32 heavy (non-hydrogen) atoms. The Hall–Kier alpha value is -2.78. The van der Waals surface area contributed by atoms with Gasteiger partial charge in [0, 0.05) is 6.04 Å². The molecule has 5 rings (SSSR count). The molecule has 6 N–H and O–H groups in total. The first kappa shape index (κ1) is 21.1. The van der Waals surface area contributed by atoms with E-state index in [0.717, 1.165) is 32.1 Å². The fraction of sp³-hybridized carbons (Fsp3) is 0.619. The fourth-order valence-electron chi connectivity index (χ4n) is 4.23. The molecule has 2 saturated carbocycles. The number of imidazole rings is 1. The molecule has 0 aromatic carbocycles. The van der Waals surface area contributed by atoms with Crippen molar-refractivity contribution in [2.75, 3.05) is 5.73 Å². The maximum Gasteiger partial charge on any atom is 0.252 e. The monoisotopic (exact) mass is 442 g/mol. The average Bonchev–Trinajstić information content (AvgIpc) is 3.40. The third kappa shape index (κ3) is 3.91. The Labute approximate surface area is 184 Å². The summed E-state index contributed by atoms with van der Waals surface area (Å²) in [7, 11) is 0. The zero-order valence-corrected chi connectivity index (χ0v) is 17.4. The molecule has 2 aromatic rings. The van der Waals surface area contributed by atoms with Crippen LogP contribution in [0.5, 0.6) is 0 Å². The van der Waals surface area contributed by atoms with Crippen LogP contribution in [-0.2, 0) is 9.53 Å². The summed E-state index contributed by atoms with van der Waals surface area (Å²) in [6, 6.07) is 0.0937. The van der Waals surface area contributed by atoms with Crippen LogP contribution in [-0.4, -0.2) is 70.7 Å². The van der Waals surface area contributed by atoms with Crippen LogP contribution in [0, 0.1) is 11.8 Å². The molecule has 170 valence electrons. The summed E-state index contributed by atoms with van der Waals surface area (Å²) in [6.07, 6.45) is 2.14. The molecule has 11 nitrogen and oxygen atoms in total. The molecule has 0 spiro atoms. The van der Waals surface area contributed by atoms with Gasteiger partial charge in [-0.25, -0.2) is 15.0 Å². The second-order valence-corrected chi connectivity index (χ2v) is 8.81. The van der Waals surface area contributed by atoms with E-state index in [4.69, 9.17) is 10.5 Å². The van der Waals surface area contributed by atoms with Crippen LogP contribution in [0.2, 0.25) is 0 Å². The second-order valence-electron chi connectivity index (χ2n) is 8.81. The van der Waals surface area contributed by atoms with E-state index >= 15 is 0 Å². The molecule has 0 radical (unpaired) electrons. The van der Waals surface area contributed by atoms with Gasteiger partial charge < -0.3 is 31.1 Å². The van der Waals surface area contributed by atoms with E-state index < -0.39 is 36.0 Å². The highest BCUT2D eigenvalue weighted by Crippen LogP contribution is 2.33. The Bertz CT molecular complexity index is 1100. The van der Waals surface area contributed by atoms with Gasteiger partial charge in [0.25, 0.3) is 5.91 Å². The molecule has 0 bridgehead atoms. The minimum absolute atomic E-state index is 0.0877. The zero-order valence-electron chi connectivity index (χ0n) is 17.4. The third-order valence-electron chi connectivity index (χ3n) is 6.23. The van der Waals surface area contributed by atoms with Crippen molar-refractivity contribution in [1.82, 2.24) is 24.8 Å². The number of carbonyl (C=O) groups is 1. The van der Waals surface area contributed by atoms with Gasteiger partial charge in [0.15, 0.2) is 23.8 Å². The molecule has 2 aromatic heterocycles. The van der Waals surface area contributed by atoms with Crippen LogP contribution < -0.4 is 11.1 Å². The van der Waals surface area contributed by atoms with Gasteiger partial charge in [0.1, 0.15) is 23.3 Å². The lowest BCUT2D eigenvalue weighted by molar-refractivity contribution is -0.137. The van der Waals surface area contributed by atoms with Crippen LogP contribution in [0.1, 0.15) is 57.0 Å². The molecule has 1 amide bonds. The zero-order chi connectivity index (χ0) is 22.5. The van der Waals surface area contributed by atoms with Gasteiger partial charge in [-0.05, 0) is 44.4 Å². The number of rotatable bonds is 3. The summed E-state index contributed by atoms with van der Waals surface area (Å²) < 4.78 is 7.12. The van der Waals surface area contributed by atoms with E-state index in [1.54, 1.807) is 0 Å². The van der Waals surface area contributed by atoms with Crippen LogP contribution in [0.15, 0.2) is 6.33 Å². The largest absolute Gasteiger partial charge is 0.387 e. The van der Waals surface area contributed by atoms with Crippen molar-refractivity contribution in [3.8, 4) is 11.8 Å². The minimum atomic E-state index is -1.41. The predicted molar refractivity (Wildman–Crippen MR) is 112 cm³/mol.